The van der Waals surface area contributed by atoms with Gasteiger partial charge in [0.25, 0.3) is 0 Å². The Morgan fingerprint density at radius 2 is 2.41 bits per heavy atom. The molecule has 0 amide bonds. The number of hydrogen-bond donors (Lipinski definition) is 2. The van der Waals surface area contributed by atoms with E-state index in [1.165, 1.54) is 5.69 Å². The van der Waals surface area contributed by atoms with Crippen LogP contribution in [-0.2, 0) is 6.54 Å². The number of nitrogens with two attached hydrogens (primary N) is 1. The zero-order valence-corrected chi connectivity index (χ0v) is 10.7. The van der Waals surface area contributed by atoms with Crippen molar-refractivity contribution in [2.24, 2.45) is 5.73 Å². The molecule has 0 aliphatic heterocycles. The molecular formula is C13H22N4. The van der Waals surface area contributed by atoms with E-state index in [1.54, 1.807) is 0 Å². The van der Waals surface area contributed by atoms with Crippen molar-refractivity contribution in [2.75, 3.05) is 13.1 Å². The van der Waals surface area contributed by atoms with Crippen LogP contribution in [0.15, 0.2) is 12.5 Å². The van der Waals surface area contributed by atoms with Crippen LogP contribution >= 0.6 is 0 Å². The largest absolute Gasteiger partial charge is 0.333 e. The molecule has 17 heavy (non-hydrogen) atoms. The molecule has 0 aliphatic carbocycles. The number of nitrogens with one attached hydrogen (secondary N) is 1. The molecule has 0 spiro atoms. The molecule has 1 heterocycles. The van der Waals surface area contributed by atoms with Crippen LogP contribution < -0.4 is 11.1 Å². The Balaban J connectivity index is 2.57. The molecule has 1 rings (SSSR count). The standard InChI is InChI=1S/C13H22N4/c1-3-5-6-7-16-12(9-14)13-10-15-11-17(13)8-4-2/h10-12,16H,4,6-9,14H2,1-2H3. The lowest BCUT2D eigenvalue weighted by molar-refractivity contribution is 0.504. The van der Waals surface area contributed by atoms with E-state index in [0.29, 0.717) is 6.54 Å². The van der Waals surface area contributed by atoms with E-state index < -0.39 is 0 Å². The molecular weight excluding hydrogens is 212 g/mol. The highest BCUT2D eigenvalue weighted by atomic mass is 15.1. The number of imidazole rings is 1. The quantitative estimate of drug-likeness (QED) is 0.552. The first-order chi connectivity index (χ1) is 8.33. The van der Waals surface area contributed by atoms with Crippen LogP contribution in [0, 0.1) is 11.8 Å². The number of aromatic nitrogens is 2. The van der Waals surface area contributed by atoms with E-state index in [4.69, 9.17) is 5.73 Å². The summed E-state index contributed by atoms with van der Waals surface area (Å²) < 4.78 is 2.16. The van der Waals surface area contributed by atoms with Gasteiger partial charge in [0.2, 0.25) is 0 Å². The number of hydrogen-bond acceptors (Lipinski definition) is 3. The van der Waals surface area contributed by atoms with Crippen molar-refractivity contribution in [1.29, 1.82) is 0 Å². The van der Waals surface area contributed by atoms with Gasteiger partial charge in [-0.05, 0) is 13.3 Å². The summed E-state index contributed by atoms with van der Waals surface area (Å²) >= 11 is 0. The molecule has 94 valence electrons. The minimum absolute atomic E-state index is 0.169. The van der Waals surface area contributed by atoms with Crippen molar-refractivity contribution in [1.82, 2.24) is 14.9 Å². The summed E-state index contributed by atoms with van der Waals surface area (Å²) in [4.78, 5) is 4.19. The van der Waals surface area contributed by atoms with E-state index in [1.807, 2.05) is 19.4 Å². The summed E-state index contributed by atoms with van der Waals surface area (Å²) in [6.07, 6.45) is 5.72. The lowest BCUT2D eigenvalue weighted by Gasteiger charge is -2.18. The van der Waals surface area contributed by atoms with E-state index in [9.17, 15) is 0 Å². The van der Waals surface area contributed by atoms with Gasteiger partial charge in [-0.2, -0.15) is 0 Å². The summed E-state index contributed by atoms with van der Waals surface area (Å²) in [5.41, 5.74) is 6.97. The lowest BCUT2D eigenvalue weighted by atomic mass is 10.2. The van der Waals surface area contributed by atoms with E-state index in [0.717, 1.165) is 25.9 Å². The van der Waals surface area contributed by atoms with Gasteiger partial charge in [-0.25, -0.2) is 4.98 Å². The van der Waals surface area contributed by atoms with Gasteiger partial charge in [0.1, 0.15) is 0 Å². The number of rotatable bonds is 7. The summed E-state index contributed by atoms with van der Waals surface area (Å²) in [6, 6.07) is 0.169. The normalized spacial score (nSPS) is 11.9. The average molecular weight is 234 g/mol. The molecule has 0 fully saturated rings. The second-order valence-corrected chi connectivity index (χ2v) is 3.93. The third kappa shape index (κ3) is 4.22. The molecule has 0 saturated carbocycles. The molecule has 4 nitrogen and oxygen atoms in total. The van der Waals surface area contributed by atoms with Crippen molar-refractivity contribution < 1.29 is 0 Å². The van der Waals surface area contributed by atoms with Gasteiger partial charge in [-0.3, -0.25) is 0 Å². The number of nitrogens with zero attached hydrogens (tertiary/aromatic N) is 2. The maximum atomic E-state index is 5.80. The van der Waals surface area contributed by atoms with Crippen LogP contribution in [0.1, 0.15) is 38.4 Å². The third-order valence-electron chi connectivity index (χ3n) is 2.62. The fourth-order valence-electron chi connectivity index (χ4n) is 1.79. The Hall–Kier alpha value is -1.31. The van der Waals surface area contributed by atoms with Gasteiger partial charge in [-0.15, -0.1) is 11.8 Å². The van der Waals surface area contributed by atoms with Crippen molar-refractivity contribution in [2.45, 2.75) is 39.3 Å². The average Bonchev–Trinajstić information content (AvgIpc) is 2.78. The van der Waals surface area contributed by atoms with Crippen LogP contribution in [0.25, 0.3) is 0 Å². The van der Waals surface area contributed by atoms with Crippen molar-refractivity contribution in [3.8, 4) is 11.8 Å². The fourth-order valence-corrected chi connectivity index (χ4v) is 1.79. The highest BCUT2D eigenvalue weighted by Crippen LogP contribution is 2.11. The molecule has 0 aliphatic rings. The van der Waals surface area contributed by atoms with Gasteiger partial charge in [0, 0.05) is 32.3 Å². The van der Waals surface area contributed by atoms with Gasteiger partial charge >= 0.3 is 0 Å². The summed E-state index contributed by atoms with van der Waals surface area (Å²) in [5, 5.41) is 3.42. The van der Waals surface area contributed by atoms with E-state index in [2.05, 4.69) is 33.6 Å². The molecule has 1 aromatic heterocycles. The Kier molecular flexibility index (Phi) is 6.38. The summed E-state index contributed by atoms with van der Waals surface area (Å²) in [6.45, 7) is 6.44. The first-order valence-corrected chi connectivity index (χ1v) is 6.16. The van der Waals surface area contributed by atoms with E-state index >= 15 is 0 Å². The zero-order valence-electron chi connectivity index (χ0n) is 10.7. The Morgan fingerprint density at radius 3 is 3.06 bits per heavy atom. The van der Waals surface area contributed by atoms with Crippen molar-refractivity contribution in [3.05, 3.63) is 18.2 Å². The molecule has 3 N–H and O–H groups in total. The molecule has 1 aromatic rings. The molecule has 4 heteroatoms. The minimum atomic E-state index is 0.169. The van der Waals surface area contributed by atoms with Crippen molar-refractivity contribution in [3.63, 3.8) is 0 Å². The SMILES string of the molecule is CC#CCCNC(CN)c1cncn1CCC. The summed E-state index contributed by atoms with van der Waals surface area (Å²) in [5.74, 6) is 5.92. The lowest BCUT2D eigenvalue weighted by Crippen LogP contribution is -2.30. The number of aryl methyl sites for hydroxylation is 1. The van der Waals surface area contributed by atoms with Gasteiger partial charge < -0.3 is 15.6 Å². The van der Waals surface area contributed by atoms with Crippen LogP contribution in [0.5, 0.6) is 0 Å². The maximum Gasteiger partial charge on any atom is 0.0948 e. The molecule has 1 unspecified atom stereocenters. The van der Waals surface area contributed by atoms with Crippen LogP contribution in [0.2, 0.25) is 0 Å². The molecule has 0 aromatic carbocycles. The topological polar surface area (TPSA) is 55.9 Å². The first-order valence-electron chi connectivity index (χ1n) is 6.16. The Bertz CT molecular complexity index is 372. The predicted octanol–water partition coefficient (Wildman–Crippen LogP) is 1.30. The second-order valence-electron chi connectivity index (χ2n) is 3.93. The maximum absolute atomic E-state index is 5.80. The van der Waals surface area contributed by atoms with Crippen molar-refractivity contribution >= 4 is 0 Å². The van der Waals surface area contributed by atoms with Gasteiger partial charge in [0.15, 0.2) is 0 Å². The van der Waals surface area contributed by atoms with Gasteiger partial charge in [0.05, 0.1) is 18.1 Å². The Morgan fingerprint density at radius 1 is 1.59 bits per heavy atom. The predicted molar refractivity (Wildman–Crippen MR) is 70.4 cm³/mol. The summed E-state index contributed by atoms with van der Waals surface area (Å²) in [7, 11) is 0. The van der Waals surface area contributed by atoms with E-state index in [-0.39, 0.29) is 6.04 Å². The monoisotopic (exact) mass is 234 g/mol. The first kappa shape index (κ1) is 13.8. The highest BCUT2D eigenvalue weighted by molar-refractivity contribution is 5.06. The third-order valence-corrected chi connectivity index (χ3v) is 2.62. The van der Waals surface area contributed by atoms with Crippen LogP contribution in [0.3, 0.4) is 0 Å². The minimum Gasteiger partial charge on any atom is -0.333 e. The highest BCUT2D eigenvalue weighted by Gasteiger charge is 2.12. The second kappa shape index (κ2) is 7.88. The van der Waals surface area contributed by atoms with Crippen LogP contribution in [0.4, 0.5) is 0 Å². The molecule has 0 radical (unpaired) electrons. The van der Waals surface area contributed by atoms with Gasteiger partial charge in [-0.1, -0.05) is 6.92 Å². The smallest absolute Gasteiger partial charge is 0.0948 e. The Labute approximate surface area is 104 Å². The fraction of sp³-hybridized carbons (Fsp3) is 0.615. The molecule has 1 atom stereocenters. The molecule has 0 bridgehead atoms. The van der Waals surface area contributed by atoms with Crippen LogP contribution in [-0.4, -0.2) is 22.6 Å². The zero-order chi connectivity index (χ0) is 12.5. The molecule has 0 saturated heterocycles.